The van der Waals surface area contributed by atoms with Gasteiger partial charge in [0.2, 0.25) is 5.95 Å². The van der Waals surface area contributed by atoms with Gasteiger partial charge < -0.3 is 25.2 Å². The Morgan fingerprint density at radius 2 is 1.69 bits per heavy atom. The number of rotatable bonds is 11. The number of aliphatic hydroxyl groups is 2. The lowest BCUT2D eigenvalue weighted by Gasteiger charge is -2.20. The van der Waals surface area contributed by atoms with E-state index in [1.165, 1.54) is 24.5 Å². The topological polar surface area (TPSA) is 108 Å². The number of aliphatic hydroxyl groups excluding tert-OH is 2. The first-order valence-electron chi connectivity index (χ1n) is 10.7. The quantitative estimate of drug-likeness (QED) is 0.378. The fourth-order valence-electron chi connectivity index (χ4n) is 3.40. The van der Waals surface area contributed by atoms with Gasteiger partial charge in [-0.15, -0.1) is 0 Å². The Kier molecular flexibility index (Phi) is 8.61. The number of nitrogens with zero attached hydrogens (tertiary/aromatic N) is 3. The predicted molar refractivity (Wildman–Crippen MR) is 125 cm³/mol. The van der Waals surface area contributed by atoms with Crippen molar-refractivity contribution in [3.63, 3.8) is 0 Å². The maximum atomic E-state index is 13.1. The minimum absolute atomic E-state index is 0.128. The highest BCUT2D eigenvalue weighted by molar-refractivity contribution is 6.06. The van der Waals surface area contributed by atoms with Gasteiger partial charge in [-0.3, -0.25) is 4.79 Å². The average Bonchev–Trinajstić information content (AvgIpc) is 2.85. The number of carbonyl (C=O) groups excluding carboxylic acids is 1. The number of hydrogen-bond acceptors (Lipinski definition) is 7. The summed E-state index contributed by atoms with van der Waals surface area (Å²) in [7, 11) is 0. The fraction of sp³-hybridized carbons (Fsp3) is 0.292. The monoisotopic (exact) mass is 490 g/mol. The second-order valence-corrected chi connectivity index (χ2v) is 7.54. The molecular formula is C24H25F3N4O4. The van der Waals surface area contributed by atoms with E-state index in [0.29, 0.717) is 33.9 Å². The molecule has 0 aliphatic rings. The summed E-state index contributed by atoms with van der Waals surface area (Å²) < 4.78 is 42.9. The first kappa shape index (κ1) is 25.9. The highest BCUT2D eigenvalue weighted by Gasteiger charge is 2.31. The lowest BCUT2D eigenvalue weighted by atomic mass is 9.96. The number of amides is 1. The number of aromatic nitrogens is 2. The molecule has 0 saturated carbocycles. The molecule has 0 bridgehead atoms. The van der Waals surface area contributed by atoms with Gasteiger partial charge in [0, 0.05) is 18.7 Å². The summed E-state index contributed by atoms with van der Waals surface area (Å²) in [6, 6.07) is 10.8. The van der Waals surface area contributed by atoms with Crippen LogP contribution in [0.2, 0.25) is 0 Å². The third-order valence-corrected chi connectivity index (χ3v) is 5.09. The molecule has 0 spiro atoms. The van der Waals surface area contributed by atoms with E-state index >= 15 is 0 Å². The molecule has 8 nitrogen and oxygen atoms in total. The average molecular weight is 490 g/mol. The molecule has 2 aromatic carbocycles. The molecule has 0 atom stereocenters. The Balaban J connectivity index is 1.75. The van der Waals surface area contributed by atoms with Crippen molar-refractivity contribution in [2.75, 3.05) is 43.2 Å². The summed E-state index contributed by atoms with van der Waals surface area (Å²) >= 11 is 0. The zero-order valence-electron chi connectivity index (χ0n) is 18.9. The minimum Gasteiger partial charge on any atom is -0.431 e. The molecule has 0 aliphatic heterocycles. The van der Waals surface area contributed by atoms with E-state index in [2.05, 4.69) is 20.0 Å². The van der Waals surface area contributed by atoms with Crippen LogP contribution in [0, 0.1) is 6.92 Å². The molecule has 1 amide bonds. The molecule has 1 aromatic heterocycles. The van der Waals surface area contributed by atoms with E-state index in [1.807, 2.05) is 0 Å². The molecule has 0 fully saturated rings. The van der Waals surface area contributed by atoms with Gasteiger partial charge in [-0.25, -0.2) is 14.4 Å². The van der Waals surface area contributed by atoms with Crippen molar-refractivity contribution in [2.24, 2.45) is 0 Å². The first-order chi connectivity index (χ1) is 16.8. The summed E-state index contributed by atoms with van der Waals surface area (Å²) in [6.45, 7) is 0.0808. The summed E-state index contributed by atoms with van der Waals surface area (Å²) in [5.41, 5.74) is 2.76. The van der Waals surface area contributed by atoms with E-state index in [1.54, 1.807) is 42.2 Å². The molecule has 186 valence electrons. The zero-order chi connectivity index (χ0) is 25.4. The van der Waals surface area contributed by atoms with E-state index in [-0.39, 0.29) is 32.1 Å². The van der Waals surface area contributed by atoms with Crippen LogP contribution in [0.15, 0.2) is 54.9 Å². The van der Waals surface area contributed by atoms with E-state index in [0.717, 1.165) is 0 Å². The van der Waals surface area contributed by atoms with Crippen LogP contribution in [-0.2, 0) is 0 Å². The number of carbonyl (C=O) groups is 1. The van der Waals surface area contributed by atoms with Crippen LogP contribution < -0.4 is 15.0 Å². The van der Waals surface area contributed by atoms with Crippen LogP contribution in [0.4, 0.5) is 24.8 Å². The SMILES string of the molecule is Cc1c(C(=O)Nc2cnc(N(CCO)CCO)nc2)cccc1-c1ccc(OC(F)(F)CF)cc1. The zero-order valence-corrected chi connectivity index (χ0v) is 18.9. The van der Waals surface area contributed by atoms with Crippen molar-refractivity contribution in [3.05, 3.63) is 66.0 Å². The van der Waals surface area contributed by atoms with Crippen molar-refractivity contribution in [3.8, 4) is 16.9 Å². The van der Waals surface area contributed by atoms with Crippen molar-refractivity contribution in [2.45, 2.75) is 13.0 Å². The largest absolute Gasteiger partial charge is 0.431 e. The van der Waals surface area contributed by atoms with Gasteiger partial charge in [-0.05, 0) is 41.8 Å². The van der Waals surface area contributed by atoms with Gasteiger partial charge in [0.25, 0.3) is 5.91 Å². The first-order valence-corrected chi connectivity index (χ1v) is 10.7. The number of alkyl halides is 3. The number of halogens is 3. The van der Waals surface area contributed by atoms with E-state index in [9.17, 15) is 18.0 Å². The number of hydrogen-bond donors (Lipinski definition) is 3. The lowest BCUT2D eigenvalue weighted by molar-refractivity contribution is -0.186. The number of benzene rings is 2. The second-order valence-electron chi connectivity index (χ2n) is 7.54. The van der Waals surface area contributed by atoms with Gasteiger partial charge in [0.05, 0.1) is 31.3 Å². The van der Waals surface area contributed by atoms with E-state index in [4.69, 9.17) is 10.2 Å². The molecular weight excluding hydrogens is 465 g/mol. The summed E-state index contributed by atoms with van der Waals surface area (Å²) in [5, 5.41) is 21.0. The Morgan fingerprint density at radius 1 is 1.06 bits per heavy atom. The molecule has 0 radical (unpaired) electrons. The number of ether oxygens (including phenoxy) is 1. The fourth-order valence-corrected chi connectivity index (χ4v) is 3.40. The molecule has 3 aromatic rings. The molecule has 3 N–H and O–H groups in total. The summed E-state index contributed by atoms with van der Waals surface area (Å²) in [6.07, 6.45) is -1.05. The van der Waals surface area contributed by atoms with Gasteiger partial charge in [0.1, 0.15) is 5.75 Å². The van der Waals surface area contributed by atoms with Gasteiger partial charge in [-0.2, -0.15) is 8.78 Å². The highest BCUT2D eigenvalue weighted by atomic mass is 19.3. The lowest BCUT2D eigenvalue weighted by Crippen LogP contribution is -2.31. The Labute approximate surface area is 200 Å². The van der Waals surface area contributed by atoms with Gasteiger partial charge in [0.15, 0.2) is 6.67 Å². The smallest absolute Gasteiger partial charge is 0.427 e. The molecule has 0 aliphatic carbocycles. The van der Waals surface area contributed by atoms with Crippen molar-refractivity contribution >= 4 is 17.5 Å². The minimum atomic E-state index is -3.90. The molecule has 1 heterocycles. The normalized spacial score (nSPS) is 11.3. The molecule has 11 heteroatoms. The Bertz CT molecular complexity index is 1120. The maximum Gasteiger partial charge on any atom is 0.427 e. The number of nitrogens with one attached hydrogen (secondary N) is 1. The van der Waals surface area contributed by atoms with Crippen molar-refractivity contribution < 1.29 is 32.9 Å². The standard InChI is InChI=1S/C24H25F3N4O4/c1-16-20(17-5-7-19(8-6-17)35-24(26,27)15-25)3-2-4-21(16)22(34)30-18-13-28-23(29-14-18)31(9-11-32)10-12-33/h2-8,13-14,32-33H,9-12,15H2,1H3,(H,30,34). The van der Waals surface area contributed by atoms with Gasteiger partial charge in [-0.1, -0.05) is 24.3 Å². The summed E-state index contributed by atoms with van der Waals surface area (Å²) in [4.78, 5) is 22.9. The molecule has 0 unspecified atom stereocenters. The Morgan fingerprint density at radius 3 is 2.26 bits per heavy atom. The van der Waals surface area contributed by atoms with Crippen molar-refractivity contribution in [1.29, 1.82) is 0 Å². The van der Waals surface area contributed by atoms with Crippen LogP contribution >= 0.6 is 0 Å². The summed E-state index contributed by atoms with van der Waals surface area (Å²) in [5.74, 6) is -0.269. The predicted octanol–water partition coefficient (Wildman–Crippen LogP) is 3.44. The third-order valence-electron chi connectivity index (χ3n) is 5.09. The van der Waals surface area contributed by atoms with E-state index < -0.39 is 18.7 Å². The maximum absolute atomic E-state index is 13.1. The molecule has 35 heavy (non-hydrogen) atoms. The van der Waals surface area contributed by atoms with Crippen molar-refractivity contribution in [1.82, 2.24) is 9.97 Å². The third kappa shape index (κ3) is 6.67. The van der Waals surface area contributed by atoms with Crippen LogP contribution in [-0.4, -0.2) is 65.2 Å². The Hall–Kier alpha value is -3.70. The van der Waals surface area contributed by atoms with Crippen LogP contribution in [0.1, 0.15) is 15.9 Å². The van der Waals surface area contributed by atoms with Gasteiger partial charge >= 0.3 is 6.11 Å². The van der Waals surface area contributed by atoms with Crippen LogP contribution in [0.5, 0.6) is 5.75 Å². The molecule has 0 saturated heterocycles. The number of anilines is 2. The highest BCUT2D eigenvalue weighted by Crippen LogP contribution is 2.29. The second kappa shape index (κ2) is 11.6. The van der Waals surface area contributed by atoms with Crippen LogP contribution in [0.25, 0.3) is 11.1 Å². The molecule has 3 rings (SSSR count). The van der Waals surface area contributed by atoms with Crippen LogP contribution in [0.3, 0.4) is 0 Å².